The number of aliphatic hydroxyl groups is 1. The minimum Gasteiger partial charge on any atom is -0.460 e. The van der Waals surface area contributed by atoms with Gasteiger partial charge in [0.15, 0.2) is 0 Å². The number of rotatable bonds is 16. The monoisotopic (exact) mass is 611 g/mol. The van der Waals surface area contributed by atoms with Crippen LogP contribution in [0.2, 0.25) is 0 Å². The number of amides is 3. The van der Waals surface area contributed by atoms with Crippen molar-refractivity contribution >= 4 is 39.6 Å². The zero-order chi connectivity index (χ0) is 28.7. The molecule has 3 heterocycles. The molecule has 1 spiro atoms. The Morgan fingerprint density at radius 2 is 2.08 bits per heavy atom. The molecule has 11 heteroatoms. The maximum atomic E-state index is 14.0. The summed E-state index contributed by atoms with van der Waals surface area (Å²) in [6.45, 7) is 11.7. The van der Waals surface area contributed by atoms with Crippen LogP contribution >= 0.6 is 15.9 Å². The molecule has 3 rings (SSSR count). The molecular weight excluding hydrogens is 570 g/mol. The first-order valence-electron chi connectivity index (χ1n) is 13.9. The van der Waals surface area contributed by atoms with Gasteiger partial charge in [0, 0.05) is 30.9 Å². The summed E-state index contributed by atoms with van der Waals surface area (Å²) in [5, 5.41) is 12.5. The summed E-state index contributed by atoms with van der Waals surface area (Å²) >= 11 is 3.63. The number of carbonyl (C=O) groups excluding carboxylic acids is 4. The highest BCUT2D eigenvalue weighted by Gasteiger charge is 2.77. The molecule has 39 heavy (non-hydrogen) atoms. The van der Waals surface area contributed by atoms with Crippen molar-refractivity contribution in [2.45, 2.75) is 81.1 Å². The summed E-state index contributed by atoms with van der Waals surface area (Å²) in [6.07, 6.45) is 6.04. The number of allylic oxidation sites excluding steroid dienone is 1. The van der Waals surface area contributed by atoms with Crippen LogP contribution in [0.25, 0.3) is 0 Å². The number of carbonyl (C=O) groups is 4. The highest BCUT2D eigenvalue weighted by Crippen LogP contribution is 2.60. The molecule has 0 aromatic carbocycles. The number of hydrogen-bond donors (Lipinski definition) is 2. The van der Waals surface area contributed by atoms with Crippen molar-refractivity contribution in [1.82, 2.24) is 15.1 Å². The first-order chi connectivity index (χ1) is 18.7. The SMILES string of the molecule is C=CCCC(=O)NC[C@@H](C)OC(=O)[C@H]1[C@@H]2O[C@@]3(CC2Br)[C@@H]1C(=O)N(CCO)[C@@H]3C(=O)N(CC=C)CCCCC. The topological polar surface area (TPSA) is 125 Å². The van der Waals surface area contributed by atoms with Gasteiger partial charge in [0.2, 0.25) is 17.7 Å². The molecule has 3 saturated heterocycles. The van der Waals surface area contributed by atoms with Crippen LogP contribution in [0.3, 0.4) is 0 Å². The average Bonchev–Trinajstić information content (AvgIpc) is 3.49. The van der Waals surface area contributed by atoms with Crippen molar-refractivity contribution in [3.63, 3.8) is 0 Å². The lowest BCUT2D eigenvalue weighted by Crippen LogP contribution is -2.57. The summed E-state index contributed by atoms with van der Waals surface area (Å²) in [6, 6.07) is -0.965. The molecule has 3 fully saturated rings. The van der Waals surface area contributed by atoms with Crippen molar-refractivity contribution in [2.75, 3.05) is 32.8 Å². The molecule has 0 radical (unpaired) electrons. The number of hydrogen-bond acceptors (Lipinski definition) is 7. The highest BCUT2D eigenvalue weighted by molar-refractivity contribution is 9.09. The molecule has 3 aliphatic heterocycles. The van der Waals surface area contributed by atoms with E-state index in [1.165, 1.54) is 4.90 Å². The summed E-state index contributed by atoms with van der Waals surface area (Å²) in [5.41, 5.74) is -1.21. The summed E-state index contributed by atoms with van der Waals surface area (Å²) in [5.74, 6) is -3.24. The number of halogens is 1. The quantitative estimate of drug-likeness (QED) is 0.118. The zero-order valence-electron chi connectivity index (χ0n) is 23.0. The molecule has 0 aliphatic carbocycles. The molecule has 3 amide bonds. The fourth-order valence-corrected chi connectivity index (χ4v) is 7.04. The summed E-state index contributed by atoms with van der Waals surface area (Å²) in [4.78, 5) is 56.0. The second-order valence-electron chi connectivity index (χ2n) is 10.6. The number of alkyl halides is 1. The van der Waals surface area contributed by atoms with E-state index < -0.39 is 41.7 Å². The molecular formula is C28H42BrN3O7. The van der Waals surface area contributed by atoms with E-state index >= 15 is 0 Å². The third kappa shape index (κ3) is 6.41. The van der Waals surface area contributed by atoms with E-state index in [1.807, 2.05) is 0 Å². The molecule has 0 aromatic heterocycles. The Balaban J connectivity index is 1.83. The number of unbranched alkanes of at least 4 members (excludes halogenated alkanes) is 2. The normalized spacial score (nSPS) is 29.6. The van der Waals surface area contributed by atoms with Crippen LogP contribution in [0.15, 0.2) is 25.3 Å². The van der Waals surface area contributed by atoms with Crippen molar-refractivity contribution in [3.8, 4) is 0 Å². The van der Waals surface area contributed by atoms with E-state index in [2.05, 4.69) is 41.3 Å². The lowest BCUT2D eigenvalue weighted by atomic mass is 9.70. The minimum atomic E-state index is -1.21. The van der Waals surface area contributed by atoms with Crippen LogP contribution in [-0.2, 0) is 28.7 Å². The Labute approximate surface area is 239 Å². The number of aliphatic hydroxyl groups excluding tert-OH is 1. The lowest BCUT2D eigenvalue weighted by Gasteiger charge is -2.37. The third-order valence-electron chi connectivity index (χ3n) is 7.81. The van der Waals surface area contributed by atoms with Gasteiger partial charge >= 0.3 is 5.97 Å². The van der Waals surface area contributed by atoms with Gasteiger partial charge in [0.1, 0.15) is 17.7 Å². The van der Waals surface area contributed by atoms with E-state index in [4.69, 9.17) is 9.47 Å². The summed E-state index contributed by atoms with van der Waals surface area (Å²) < 4.78 is 12.1. The highest BCUT2D eigenvalue weighted by atomic mass is 79.9. The van der Waals surface area contributed by atoms with Gasteiger partial charge in [0.25, 0.3) is 0 Å². The van der Waals surface area contributed by atoms with E-state index in [0.29, 0.717) is 32.4 Å². The largest absolute Gasteiger partial charge is 0.460 e. The molecule has 0 aromatic rings. The first-order valence-corrected chi connectivity index (χ1v) is 14.8. The number of β-amino-alcohol motifs (C(OH)–C–C–N with tert-alkyl or cyclic N) is 1. The third-order valence-corrected chi connectivity index (χ3v) is 8.65. The Bertz CT molecular complexity index is 946. The van der Waals surface area contributed by atoms with Crippen molar-refractivity contribution in [2.24, 2.45) is 11.8 Å². The van der Waals surface area contributed by atoms with Crippen LogP contribution < -0.4 is 5.32 Å². The number of ether oxygens (including phenoxy) is 2. The van der Waals surface area contributed by atoms with Crippen LogP contribution in [0.1, 0.15) is 52.4 Å². The van der Waals surface area contributed by atoms with Crippen LogP contribution in [0, 0.1) is 11.8 Å². The smallest absolute Gasteiger partial charge is 0.312 e. The molecule has 2 N–H and O–H groups in total. The van der Waals surface area contributed by atoms with E-state index in [0.717, 1.165) is 19.3 Å². The fourth-order valence-electron chi connectivity index (χ4n) is 6.10. The molecule has 10 nitrogen and oxygen atoms in total. The molecule has 218 valence electrons. The summed E-state index contributed by atoms with van der Waals surface area (Å²) in [7, 11) is 0. The Morgan fingerprint density at radius 1 is 1.33 bits per heavy atom. The van der Waals surface area contributed by atoms with Gasteiger partial charge in [-0.2, -0.15) is 0 Å². The number of nitrogens with zero attached hydrogens (tertiary/aromatic N) is 2. The van der Waals surface area contributed by atoms with Crippen LogP contribution in [-0.4, -0.2) is 100 Å². The Hall–Kier alpha value is -2.24. The van der Waals surface area contributed by atoms with E-state index in [1.54, 1.807) is 24.0 Å². The van der Waals surface area contributed by atoms with Gasteiger partial charge in [-0.15, -0.1) is 13.2 Å². The molecule has 3 aliphatic rings. The molecule has 2 bridgehead atoms. The van der Waals surface area contributed by atoms with Gasteiger partial charge in [-0.3, -0.25) is 19.2 Å². The zero-order valence-corrected chi connectivity index (χ0v) is 24.6. The van der Waals surface area contributed by atoms with Gasteiger partial charge < -0.3 is 29.7 Å². The predicted octanol–water partition coefficient (Wildman–Crippen LogP) is 1.95. The maximum Gasteiger partial charge on any atom is 0.312 e. The second-order valence-corrected chi connectivity index (χ2v) is 11.8. The maximum absolute atomic E-state index is 14.0. The van der Waals surface area contributed by atoms with Gasteiger partial charge in [-0.25, -0.2) is 0 Å². The Kier molecular flexibility index (Phi) is 11.1. The van der Waals surface area contributed by atoms with Gasteiger partial charge in [0.05, 0.1) is 31.1 Å². The first kappa shape index (κ1) is 31.3. The minimum absolute atomic E-state index is 0.0414. The number of fused-ring (bicyclic) bond motifs is 1. The number of likely N-dealkylation sites (tertiary alicyclic amines) is 1. The van der Waals surface area contributed by atoms with E-state index in [9.17, 15) is 24.3 Å². The van der Waals surface area contributed by atoms with E-state index in [-0.39, 0.29) is 42.2 Å². The standard InChI is InChI=1S/C28H42BrN3O7/c1-5-8-10-13-31(12-7-3)26(36)24-28-16-19(29)23(39-28)21(22(28)25(35)32(24)14-15-33)27(37)38-18(4)17-30-20(34)11-9-6-2/h6-7,18-19,21-24,33H,2-3,5,8-17H2,1,4H3,(H,30,34)/t18-,19?,21-,22+,23-,24-,28+/m1/s1. The Morgan fingerprint density at radius 3 is 2.72 bits per heavy atom. The van der Waals surface area contributed by atoms with Crippen molar-refractivity contribution in [1.29, 1.82) is 0 Å². The molecule has 1 unspecified atom stereocenters. The average molecular weight is 613 g/mol. The van der Waals surface area contributed by atoms with Crippen LogP contribution in [0.4, 0.5) is 0 Å². The predicted molar refractivity (Wildman–Crippen MR) is 149 cm³/mol. The molecule has 0 saturated carbocycles. The van der Waals surface area contributed by atoms with Crippen molar-refractivity contribution in [3.05, 3.63) is 25.3 Å². The van der Waals surface area contributed by atoms with Gasteiger partial charge in [-0.1, -0.05) is 47.8 Å². The fraction of sp³-hybridized carbons (Fsp3) is 0.714. The molecule has 7 atom stereocenters. The van der Waals surface area contributed by atoms with Crippen LogP contribution in [0.5, 0.6) is 0 Å². The number of nitrogens with one attached hydrogen (secondary N) is 1. The number of esters is 1. The second kappa shape index (κ2) is 13.9. The van der Waals surface area contributed by atoms with Gasteiger partial charge in [-0.05, 0) is 26.2 Å². The van der Waals surface area contributed by atoms with Crippen molar-refractivity contribution < 1.29 is 33.8 Å². The lowest BCUT2D eigenvalue weighted by molar-refractivity contribution is -0.159.